The largest absolute Gasteiger partial charge is 0.376 e. The van der Waals surface area contributed by atoms with E-state index in [2.05, 4.69) is 19.1 Å². The van der Waals surface area contributed by atoms with Crippen LogP contribution in [0, 0.1) is 0 Å². The van der Waals surface area contributed by atoms with E-state index in [0.29, 0.717) is 19.6 Å². The fraction of sp³-hybridized carbons (Fsp3) is 0.350. The maximum Gasteiger partial charge on any atom is 0.147 e. The maximum atomic E-state index is 12.7. The Morgan fingerprint density at radius 3 is 2.86 bits per heavy atom. The monoisotopic (exact) mass is 296 g/mol. The second-order valence-electron chi connectivity index (χ2n) is 5.50. The molecule has 2 nitrogen and oxygen atoms in total. The van der Waals surface area contributed by atoms with Crippen LogP contribution in [0.2, 0.25) is 0 Å². The molecule has 0 aromatic heterocycles. The highest BCUT2D eigenvalue weighted by atomic mass is 16.5. The molecule has 0 fully saturated rings. The first kappa shape index (κ1) is 16.4. The number of carbonyl (C=O) groups excluding carboxylic acids is 1. The second-order valence-corrected chi connectivity index (χ2v) is 5.50. The van der Waals surface area contributed by atoms with E-state index in [1.165, 1.54) is 0 Å². The van der Waals surface area contributed by atoms with Gasteiger partial charge in [-0.05, 0) is 17.6 Å². The molecule has 0 radical (unpaired) electrons. The van der Waals surface area contributed by atoms with Crippen molar-refractivity contribution in [2.45, 2.75) is 32.1 Å². The van der Waals surface area contributed by atoms with Gasteiger partial charge in [0.05, 0.1) is 19.1 Å². The van der Waals surface area contributed by atoms with Crippen molar-refractivity contribution in [3.05, 3.63) is 71.8 Å². The molecule has 116 valence electrons. The summed E-state index contributed by atoms with van der Waals surface area (Å²) in [5.74, 6) is 0.0320. The molecular formula is C20H24O2. The Balaban J connectivity index is 2.17. The lowest BCUT2D eigenvalue weighted by Gasteiger charge is -2.17. The molecule has 2 rings (SSSR count). The molecule has 1 aromatic carbocycles. The van der Waals surface area contributed by atoms with Gasteiger partial charge < -0.3 is 4.74 Å². The molecule has 1 aliphatic heterocycles. The van der Waals surface area contributed by atoms with Crippen molar-refractivity contribution in [1.82, 2.24) is 0 Å². The predicted molar refractivity (Wildman–Crippen MR) is 90.9 cm³/mol. The summed E-state index contributed by atoms with van der Waals surface area (Å²) in [6.45, 7) is 3.14. The van der Waals surface area contributed by atoms with E-state index in [0.717, 1.165) is 24.0 Å². The smallest absolute Gasteiger partial charge is 0.147 e. The minimum atomic E-state index is -0.185. The van der Waals surface area contributed by atoms with Crippen LogP contribution < -0.4 is 0 Å². The van der Waals surface area contributed by atoms with E-state index < -0.39 is 0 Å². The number of Topliss-reactive ketones (excluding diaryl/α,β-unsaturated/α-hetero) is 1. The molecule has 0 spiro atoms. The number of carbonyl (C=O) groups is 1. The van der Waals surface area contributed by atoms with Gasteiger partial charge in [0.25, 0.3) is 0 Å². The summed E-state index contributed by atoms with van der Waals surface area (Å²) in [5.41, 5.74) is 2.10. The van der Waals surface area contributed by atoms with Crippen LogP contribution in [0.1, 0.15) is 37.7 Å². The molecule has 0 N–H and O–H groups in total. The van der Waals surface area contributed by atoms with Gasteiger partial charge in [0.15, 0.2) is 0 Å². The zero-order chi connectivity index (χ0) is 15.6. The molecular weight excluding hydrogens is 272 g/mol. The van der Waals surface area contributed by atoms with Crippen LogP contribution in [0.4, 0.5) is 0 Å². The molecule has 2 heteroatoms. The maximum absolute atomic E-state index is 12.7. The highest BCUT2D eigenvalue weighted by Crippen LogP contribution is 2.22. The first-order valence-electron chi connectivity index (χ1n) is 7.99. The Morgan fingerprint density at radius 1 is 1.27 bits per heavy atom. The van der Waals surface area contributed by atoms with E-state index in [9.17, 15) is 4.79 Å². The lowest BCUT2D eigenvalue weighted by atomic mass is 9.91. The Bertz CT molecular complexity index is 552. The fourth-order valence-electron chi connectivity index (χ4n) is 2.46. The normalized spacial score (nSPS) is 24.0. The fourth-order valence-corrected chi connectivity index (χ4v) is 2.46. The third kappa shape index (κ3) is 5.12. The van der Waals surface area contributed by atoms with Crippen molar-refractivity contribution in [3.63, 3.8) is 0 Å². The summed E-state index contributed by atoms with van der Waals surface area (Å²) in [6.07, 6.45) is 12.8. The van der Waals surface area contributed by atoms with Crippen LogP contribution >= 0.6 is 0 Å². The minimum absolute atomic E-state index is 0.185. The summed E-state index contributed by atoms with van der Waals surface area (Å²) in [6, 6.07) is 9.92. The van der Waals surface area contributed by atoms with Crippen molar-refractivity contribution in [2.75, 3.05) is 13.2 Å². The number of benzene rings is 1. The van der Waals surface area contributed by atoms with Gasteiger partial charge in [0.1, 0.15) is 5.78 Å². The summed E-state index contributed by atoms with van der Waals surface area (Å²) < 4.78 is 5.63. The molecule has 1 atom stereocenters. The van der Waals surface area contributed by atoms with Crippen LogP contribution in [0.25, 0.3) is 0 Å². The molecule has 22 heavy (non-hydrogen) atoms. The number of allylic oxidation sites excluding steroid dienone is 5. The van der Waals surface area contributed by atoms with Crippen molar-refractivity contribution in [2.24, 2.45) is 0 Å². The van der Waals surface area contributed by atoms with E-state index in [-0.39, 0.29) is 11.7 Å². The highest BCUT2D eigenvalue weighted by Gasteiger charge is 2.21. The molecule has 0 saturated carbocycles. The SMILES string of the molecule is CCC\C=C/C1=C/C=C\COCC(c2ccccc2)C(=O)C1. The van der Waals surface area contributed by atoms with Crippen molar-refractivity contribution in [1.29, 1.82) is 0 Å². The van der Waals surface area contributed by atoms with Crippen LogP contribution in [0.3, 0.4) is 0 Å². The number of unbranched alkanes of at least 4 members (excludes halogenated alkanes) is 1. The van der Waals surface area contributed by atoms with Gasteiger partial charge in [-0.15, -0.1) is 0 Å². The Morgan fingerprint density at radius 2 is 2.09 bits per heavy atom. The van der Waals surface area contributed by atoms with E-state index >= 15 is 0 Å². The highest BCUT2D eigenvalue weighted by molar-refractivity contribution is 5.88. The number of rotatable bonds is 4. The van der Waals surface area contributed by atoms with Crippen LogP contribution in [0.5, 0.6) is 0 Å². The zero-order valence-corrected chi connectivity index (χ0v) is 13.2. The van der Waals surface area contributed by atoms with Gasteiger partial charge in [-0.2, -0.15) is 0 Å². The average molecular weight is 296 g/mol. The van der Waals surface area contributed by atoms with Gasteiger partial charge >= 0.3 is 0 Å². The molecule has 0 saturated heterocycles. The number of hydrogen-bond acceptors (Lipinski definition) is 2. The van der Waals surface area contributed by atoms with E-state index in [1.54, 1.807) is 0 Å². The standard InChI is InChI=1S/C20H24O2/c1-2-3-5-10-17-11-8-9-14-22-16-19(20(21)15-17)18-12-6-4-7-13-18/h4-13,19H,2-3,14-16H2,1H3/b9-8-,10-5-,17-11-. The number of ether oxygens (including phenoxy) is 1. The lowest BCUT2D eigenvalue weighted by Crippen LogP contribution is -2.19. The second kappa shape index (κ2) is 9.16. The Labute approximate surface area is 133 Å². The molecule has 1 aliphatic rings. The van der Waals surface area contributed by atoms with Gasteiger partial charge in [0, 0.05) is 6.42 Å². The average Bonchev–Trinajstić information content (AvgIpc) is 2.54. The molecule has 0 bridgehead atoms. The topological polar surface area (TPSA) is 26.3 Å². The van der Waals surface area contributed by atoms with Crippen LogP contribution in [-0.2, 0) is 9.53 Å². The molecule has 1 aromatic rings. The summed E-state index contributed by atoms with van der Waals surface area (Å²) in [4.78, 5) is 12.7. The first-order valence-corrected chi connectivity index (χ1v) is 7.99. The summed E-state index contributed by atoms with van der Waals surface area (Å²) in [5, 5.41) is 0. The quantitative estimate of drug-likeness (QED) is 0.811. The predicted octanol–water partition coefficient (Wildman–Crippen LogP) is 4.60. The molecule has 0 aliphatic carbocycles. The molecule has 0 amide bonds. The number of ketones is 1. The Kier molecular flexibility index (Phi) is 6.85. The van der Waals surface area contributed by atoms with Gasteiger partial charge in [0.2, 0.25) is 0 Å². The van der Waals surface area contributed by atoms with Crippen molar-refractivity contribution >= 4 is 5.78 Å². The molecule has 1 unspecified atom stereocenters. The van der Waals surface area contributed by atoms with E-state index in [4.69, 9.17) is 4.74 Å². The Hall–Kier alpha value is -1.93. The third-order valence-corrected chi connectivity index (χ3v) is 3.70. The van der Waals surface area contributed by atoms with Crippen molar-refractivity contribution in [3.8, 4) is 0 Å². The van der Waals surface area contributed by atoms with Gasteiger partial charge in [-0.25, -0.2) is 0 Å². The van der Waals surface area contributed by atoms with E-state index in [1.807, 2.05) is 48.6 Å². The minimum Gasteiger partial charge on any atom is -0.376 e. The third-order valence-electron chi connectivity index (χ3n) is 3.70. The lowest BCUT2D eigenvalue weighted by molar-refractivity contribution is -0.121. The van der Waals surface area contributed by atoms with Crippen LogP contribution in [-0.4, -0.2) is 19.0 Å². The van der Waals surface area contributed by atoms with Gasteiger partial charge in [-0.1, -0.05) is 74.1 Å². The summed E-state index contributed by atoms with van der Waals surface area (Å²) in [7, 11) is 0. The van der Waals surface area contributed by atoms with Crippen molar-refractivity contribution < 1.29 is 9.53 Å². The zero-order valence-electron chi connectivity index (χ0n) is 13.2. The van der Waals surface area contributed by atoms with Gasteiger partial charge in [-0.3, -0.25) is 4.79 Å². The van der Waals surface area contributed by atoms with Crippen LogP contribution in [0.15, 0.2) is 66.3 Å². The molecule has 1 heterocycles. The first-order chi connectivity index (χ1) is 10.8. The number of hydrogen-bond donors (Lipinski definition) is 0. The summed E-state index contributed by atoms with van der Waals surface area (Å²) >= 11 is 0.